The number of rotatable bonds is 3. The lowest BCUT2D eigenvalue weighted by Gasteiger charge is -2.05. The zero-order valence-electron chi connectivity index (χ0n) is 10.2. The molecule has 0 aliphatic rings. The van der Waals surface area contributed by atoms with E-state index in [9.17, 15) is 17.6 Å². The molecule has 1 amide bonds. The van der Waals surface area contributed by atoms with Gasteiger partial charge >= 0.3 is 0 Å². The zero-order valence-corrected chi connectivity index (χ0v) is 11.7. The van der Waals surface area contributed by atoms with Crippen LogP contribution >= 0.6 is 10.7 Å². The van der Waals surface area contributed by atoms with Gasteiger partial charge < -0.3 is 5.32 Å². The number of anilines is 1. The number of aryl methyl sites for hydroxylation is 1. The Hall–Kier alpha value is -1.93. The lowest BCUT2D eigenvalue weighted by atomic mass is 10.3. The number of hydrogen-bond acceptors (Lipinski definition) is 4. The largest absolute Gasteiger partial charge is 0.322 e. The average molecular weight is 318 g/mol. The average Bonchev–Trinajstić information content (AvgIpc) is 2.74. The number of amides is 1. The molecule has 0 saturated carbocycles. The molecule has 1 aromatic carbocycles. The van der Waals surface area contributed by atoms with Gasteiger partial charge in [-0.15, -0.1) is 0 Å². The van der Waals surface area contributed by atoms with Crippen LogP contribution in [-0.2, 0) is 16.1 Å². The van der Waals surface area contributed by atoms with Crippen molar-refractivity contribution in [3.8, 4) is 0 Å². The predicted octanol–water partition coefficient (Wildman–Crippen LogP) is 1.74. The van der Waals surface area contributed by atoms with Crippen molar-refractivity contribution in [1.29, 1.82) is 0 Å². The highest BCUT2D eigenvalue weighted by atomic mass is 35.7. The molecule has 0 bridgehead atoms. The highest BCUT2D eigenvalue weighted by molar-refractivity contribution is 8.13. The van der Waals surface area contributed by atoms with Crippen molar-refractivity contribution in [2.75, 3.05) is 5.32 Å². The van der Waals surface area contributed by atoms with Crippen LogP contribution in [-0.4, -0.2) is 24.1 Å². The number of carbonyl (C=O) groups is 1. The normalized spacial score (nSPS) is 11.3. The van der Waals surface area contributed by atoms with Crippen LogP contribution in [0.4, 0.5) is 10.1 Å². The maximum atomic E-state index is 13.6. The maximum Gasteiger partial charge on any atom is 0.264 e. The van der Waals surface area contributed by atoms with Crippen molar-refractivity contribution in [1.82, 2.24) is 9.78 Å². The van der Waals surface area contributed by atoms with E-state index >= 15 is 0 Å². The van der Waals surface area contributed by atoms with Gasteiger partial charge in [0.05, 0.1) is 11.8 Å². The van der Waals surface area contributed by atoms with Crippen LogP contribution in [0.15, 0.2) is 35.5 Å². The monoisotopic (exact) mass is 317 g/mol. The predicted molar refractivity (Wildman–Crippen MR) is 70.6 cm³/mol. The number of hydrogen-bond donors (Lipinski definition) is 1. The van der Waals surface area contributed by atoms with Gasteiger partial charge in [-0.2, -0.15) is 5.10 Å². The van der Waals surface area contributed by atoms with Crippen LogP contribution in [0, 0.1) is 5.82 Å². The third-order valence-electron chi connectivity index (χ3n) is 2.42. The van der Waals surface area contributed by atoms with E-state index in [1.165, 1.54) is 23.1 Å². The van der Waals surface area contributed by atoms with E-state index in [4.69, 9.17) is 10.7 Å². The summed E-state index contributed by atoms with van der Waals surface area (Å²) in [4.78, 5) is 11.1. The number of nitrogens with one attached hydrogen (secondary N) is 1. The Morgan fingerprint density at radius 2 is 2.15 bits per heavy atom. The molecule has 106 valence electrons. The summed E-state index contributed by atoms with van der Waals surface area (Å²) in [6, 6.07) is 3.10. The Balaban J connectivity index is 2.23. The van der Waals surface area contributed by atoms with E-state index in [0.717, 1.165) is 12.1 Å². The fraction of sp³-hybridized carbons (Fsp3) is 0.0909. The molecule has 1 N–H and O–H groups in total. The third-order valence-corrected chi connectivity index (χ3v) is 3.77. The molecule has 0 aliphatic heterocycles. The van der Waals surface area contributed by atoms with Crippen molar-refractivity contribution < 1.29 is 17.6 Å². The van der Waals surface area contributed by atoms with E-state index in [-0.39, 0.29) is 5.69 Å². The second kappa shape index (κ2) is 5.22. The minimum atomic E-state index is -4.16. The minimum absolute atomic E-state index is 0.111. The molecule has 0 atom stereocenters. The second-order valence-electron chi connectivity index (χ2n) is 3.94. The van der Waals surface area contributed by atoms with E-state index in [1.807, 2.05) is 0 Å². The highest BCUT2D eigenvalue weighted by Crippen LogP contribution is 2.22. The molecule has 0 unspecified atom stereocenters. The van der Waals surface area contributed by atoms with Gasteiger partial charge in [0.1, 0.15) is 10.7 Å². The first kappa shape index (κ1) is 14.5. The second-order valence-corrected chi connectivity index (χ2v) is 6.47. The van der Waals surface area contributed by atoms with Crippen LogP contribution in [0.5, 0.6) is 0 Å². The molecular formula is C11H9ClFN3O3S. The SMILES string of the molecule is Cn1cc(C(=O)Nc2ccc(S(=O)(=O)Cl)c(F)c2)cn1. The molecule has 1 aromatic heterocycles. The summed E-state index contributed by atoms with van der Waals surface area (Å²) < 4.78 is 37.1. The van der Waals surface area contributed by atoms with Crippen molar-refractivity contribution in [3.63, 3.8) is 0 Å². The molecule has 2 rings (SSSR count). The van der Waals surface area contributed by atoms with Gasteiger partial charge in [0.25, 0.3) is 15.0 Å². The molecule has 9 heteroatoms. The van der Waals surface area contributed by atoms with E-state index in [0.29, 0.717) is 5.56 Å². The number of benzene rings is 1. The fourth-order valence-corrected chi connectivity index (χ4v) is 2.42. The Kier molecular flexibility index (Phi) is 3.78. The Morgan fingerprint density at radius 3 is 2.65 bits per heavy atom. The number of nitrogens with zero attached hydrogens (tertiary/aromatic N) is 2. The Bertz CT molecular complexity index is 773. The van der Waals surface area contributed by atoms with Gasteiger partial charge in [-0.05, 0) is 18.2 Å². The van der Waals surface area contributed by atoms with Gasteiger partial charge in [-0.3, -0.25) is 9.48 Å². The van der Waals surface area contributed by atoms with Gasteiger partial charge in [0.15, 0.2) is 0 Å². The van der Waals surface area contributed by atoms with Crippen molar-refractivity contribution >= 4 is 31.3 Å². The first-order chi connectivity index (χ1) is 9.27. The first-order valence-corrected chi connectivity index (χ1v) is 7.62. The number of halogens is 2. The topological polar surface area (TPSA) is 81.1 Å². The van der Waals surface area contributed by atoms with Gasteiger partial charge in [-0.25, -0.2) is 12.8 Å². The summed E-state index contributed by atoms with van der Waals surface area (Å²) in [5.74, 6) is -1.53. The van der Waals surface area contributed by atoms with Gasteiger partial charge in [0.2, 0.25) is 0 Å². The standard InChI is InChI=1S/C11H9ClFN3O3S/c1-16-6-7(5-14-16)11(17)15-8-2-3-10(9(13)4-8)20(12,18)19/h2-6H,1H3,(H,15,17). The molecule has 2 aromatic rings. The third kappa shape index (κ3) is 3.14. The summed E-state index contributed by atoms with van der Waals surface area (Å²) in [6.45, 7) is 0. The molecule has 1 heterocycles. The molecule has 6 nitrogen and oxygen atoms in total. The Morgan fingerprint density at radius 1 is 1.45 bits per heavy atom. The van der Waals surface area contributed by atoms with Crippen LogP contribution in [0.25, 0.3) is 0 Å². The van der Waals surface area contributed by atoms with Crippen molar-refractivity contribution in [2.24, 2.45) is 7.05 Å². The molecule has 0 spiro atoms. The molecular weight excluding hydrogens is 309 g/mol. The van der Waals surface area contributed by atoms with E-state index < -0.39 is 25.7 Å². The summed E-state index contributed by atoms with van der Waals surface area (Å²) in [5, 5.41) is 6.25. The van der Waals surface area contributed by atoms with Crippen LogP contribution in [0.1, 0.15) is 10.4 Å². The fourth-order valence-electron chi connectivity index (χ4n) is 1.52. The lowest BCUT2D eigenvalue weighted by Crippen LogP contribution is -2.11. The summed E-state index contributed by atoms with van der Waals surface area (Å²) in [6.07, 6.45) is 2.84. The van der Waals surface area contributed by atoms with E-state index in [2.05, 4.69) is 10.4 Å². The minimum Gasteiger partial charge on any atom is -0.322 e. The van der Waals surface area contributed by atoms with Crippen LogP contribution < -0.4 is 5.32 Å². The zero-order chi connectivity index (χ0) is 14.9. The lowest BCUT2D eigenvalue weighted by molar-refractivity contribution is 0.102. The molecule has 0 aliphatic carbocycles. The summed E-state index contributed by atoms with van der Waals surface area (Å²) in [7, 11) is 2.55. The van der Waals surface area contributed by atoms with E-state index in [1.54, 1.807) is 7.05 Å². The van der Waals surface area contributed by atoms with Crippen LogP contribution in [0.2, 0.25) is 0 Å². The Labute approximate surface area is 118 Å². The summed E-state index contributed by atoms with van der Waals surface area (Å²) >= 11 is 0. The van der Waals surface area contributed by atoms with Gasteiger partial charge in [-0.1, -0.05) is 0 Å². The number of carbonyl (C=O) groups excluding carboxylic acids is 1. The van der Waals surface area contributed by atoms with Gasteiger partial charge in [0, 0.05) is 29.6 Å². The molecule has 0 radical (unpaired) electrons. The smallest absolute Gasteiger partial charge is 0.264 e. The van der Waals surface area contributed by atoms with Crippen molar-refractivity contribution in [3.05, 3.63) is 42.0 Å². The molecule has 0 saturated heterocycles. The highest BCUT2D eigenvalue weighted by Gasteiger charge is 2.17. The quantitative estimate of drug-likeness (QED) is 0.874. The molecule has 0 fully saturated rings. The van der Waals surface area contributed by atoms with Crippen molar-refractivity contribution in [2.45, 2.75) is 4.90 Å². The summed E-state index contributed by atoms with van der Waals surface area (Å²) in [5.41, 5.74) is 0.405. The molecule has 20 heavy (non-hydrogen) atoms. The first-order valence-electron chi connectivity index (χ1n) is 5.31. The maximum absolute atomic E-state index is 13.6. The van der Waals surface area contributed by atoms with Crippen LogP contribution in [0.3, 0.4) is 0 Å². The number of aromatic nitrogens is 2.